The highest BCUT2D eigenvalue weighted by Crippen LogP contribution is 2.40. The average molecular weight is 222 g/mol. The topological polar surface area (TPSA) is 30.7 Å². The zero-order valence-electron chi connectivity index (χ0n) is 8.52. The second kappa shape index (κ2) is 3.20. The number of pyridine rings is 1. The van der Waals surface area contributed by atoms with E-state index in [0.29, 0.717) is 6.04 Å². The number of fused-ring (bicyclic) bond motifs is 1. The van der Waals surface area contributed by atoms with E-state index in [1.54, 1.807) is 6.20 Å². The first-order chi connectivity index (χ1) is 7.27. The van der Waals surface area contributed by atoms with E-state index in [2.05, 4.69) is 14.5 Å². The predicted octanol–water partition coefficient (Wildman–Crippen LogP) is 3.07. The van der Waals surface area contributed by atoms with Gasteiger partial charge in [0.15, 0.2) is 0 Å². The van der Waals surface area contributed by atoms with Crippen LogP contribution in [0.1, 0.15) is 37.0 Å². The lowest BCUT2D eigenvalue weighted by atomic mass is 10.4. The molecule has 15 heavy (non-hydrogen) atoms. The Labute approximate surface area is 93.1 Å². The number of halogens is 1. The van der Waals surface area contributed by atoms with Crippen LogP contribution in [0.2, 0.25) is 0 Å². The van der Waals surface area contributed by atoms with Crippen LogP contribution < -0.4 is 0 Å². The molecule has 3 nitrogen and oxygen atoms in total. The molecule has 0 spiro atoms. The predicted molar refractivity (Wildman–Crippen MR) is 60.1 cm³/mol. The Bertz CT molecular complexity index is 500. The van der Waals surface area contributed by atoms with Crippen LogP contribution >= 0.6 is 11.6 Å². The lowest BCUT2D eigenvalue weighted by molar-refractivity contribution is 0.700. The molecule has 1 fully saturated rings. The van der Waals surface area contributed by atoms with E-state index in [1.807, 2.05) is 19.2 Å². The van der Waals surface area contributed by atoms with E-state index in [4.69, 9.17) is 11.6 Å². The third-order valence-corrected chi connectivity index (χ3v) is 2.98. The standard InChI is InChI=1S/C11H12ClN3/c1-7(12)11-14-9-6-13-5-4-10(9)15(11)8-2-3-8/h4-8H,2-3H2,1H3. The summed E-state index contributed by atoms with van der Waals surface area (Å²) in [7, 11) is 0. The van der Waals surface area contributed by atoms with Crippen LogP contribution in [0.25, 0.3) is 11.0 Å². The maximum absolute atomic E-state index is 6.15. The van der Waals surface area contributed by atoms with Crippen molar-refractivity contribution in [3.63, 3.8) is 0 Å². The van der Waals surface area contributed by atoms with Crippen LogP contribution in [0.5, 0.6) is 0 Å². The van der Waals surface area contributed by atoms with Crippen molar-refractivity contribution in [3.8, 4) is 0 Å². The Morgan fingerprint density at radius 2 is 2.33 bits per heavy atom. The van der Waals surface area contributed by atoms with Gasteiger partial charge in [0.2, 0.25) is 0 Å². The summed E-state index contributed by atoms with van der Waals surface area (Å²) in [6.45, 7) is 1.97. The van der Waals surface area contributed by atoms with Crippen molar-refractivity contribution in [1.29, 1.82) is 0 Å². The van der Waals surface area contributed by atoms with E-state index in [0.717, 1.165) is 16.9 Å². The van der Waals surface area contributed by atoms with E-state index in [9.17, 15) is 0 Å². The van der Waals surface area contributed by atoms with Crippen LogP contribution in [0.4, 0.5) is 0 Å². The fourth-order valence-electron chi connectivity index (χ4n) is 1.97. The highest BCUT2D eigenvalue weighted by atomic mass is 35.5. The summed E-state index contributed by atoms with van der Waals surface area (Å²) < 4.78 is 2.27. The first-order valence-electron chi connectivity index (χ1n) is 5.23. The van der Waals surface area contributed by atoms with Gasteiger partial charge in [0.25, 0.3) is 0 Å². The number of imidazole rings is 1. The van der Waals surface area contributed by atoms with Gasteiger partial charge in [-0.25, -0.2) is 4.98 Å². The molecule has 1 unspecified atom stereocenters. The normalized spacial score (nSPS) is 18.3. The number of rotatable bonds is 2. The fourth-order valence-corrected chi connectivity index (χ4v) is 2.12. The molecule has 4 heteroatoms. The summed E-state index contributed by atoms with van der Waals surface area (Å²) in [5, 5.41) is -0.0435. The molecule has 2 aromatic heterocycles. The van der Waals surface area contributed by atoms with Gasteiger partial charge in [-0.15, -0.1) is 11.6 Å². The SMILES string of the molecule is CC(Cl)c1nc2cnccc2n1C1CC1. The number of hydrogen-bond acceptors (Lipinski definition) is 2. The van der Waals surface area contributed by atoms with Crippen LogP contribution in [-0.2, 0) is 0 Å². The quantitative estimate of drug-likeness (QED) is 0.730. The zero-order chi connectivity index (χ0) is 10.4. The van der Waals surface area contributed by atoms with Crippen molar-refractivity contribution >= 4 is 22.6 Å². The minimum absolute atomic E-state index is 0.0435. The van der Waals surface area contributed by atoms with Crippen molar-refractivity contribution in [2.45, 2.75) is 31.2 Å². The van der Waals surface area contributed by atoms with Gasteiger partial charge in [0.1, 0.15) is 11.3 Å². The Hall–Kier alpha value is -1.09. The van der Waals surface area contributed by atoms with Gasteiger partial charge >= 0.3 is 0 Å². The third kappa shape index (κ3) is 1.42. The average Bonchev–Trinajstić information content (AvgIpc) is 2.98. The molecule has 1 atom stereocenters. The molecule has 1 saturated carbocycles. The number of alkyl halides is 1. The van der Waals surface area contributed by atoms with Gasteiger partial charge < -0.3 is 4.57 Å². The summed E-state index contributed by atoms with van der Waals surface area (Å²) in [5.74, 6) is 0.974. The molecular weight excluding hydrogens is 210 g/mol. The second-order valence-corrected chi connectivity index (χ2v) is 4.71. The van der Waals surface area contributed by atoms with Gasteiger partial charge in [-0.2, -0.15) is 0 Å². The highest BCUT2D eigenvalue weighted by Gasteiger charge is 2.29. The van der Waals surface area contributed by atoms with Gasteiger partial charge in [-0.05, 0) is 25.8 Å². The first-order valence-corrected chi connectivity index (χ1v) is 5.67. The summed E-state index contributed by atoms with van der Waals surface area (Å²) in [4.78, 5) is 8.63. The number of aromatic nitrogens is 3. The Morgan fingerprint density at radius 3 is 3.00 bits per heavy atom. The molecule has 2 heterocycles. The highest BCUT2D eigenvalue weighted by molar-refractivity contribution is 6.20. The third-order valence-electron chi connectivity index (χ3n) is 2.79. The minimum atomic E-state index is -0.0435. The van der Waals surface area contributed by atoms with Gasteiger partial charge in [-0.1, -0.05) is 0 Å². The Balaban J connectivity index is 2.28. The lowest BCUT2D eigenvalue weighted by Crippen LogP contribution is -2.01. The van der Waals surface area contributed by atoms with E-state index < -0.39 is 0 Å². The van der Waals surface area contributed by atoms with E-state index in [1.165, 1.54) is 12.8 Å². The summed E-state index contributed by atoms with van der Waals surface area (Å²) in [5.41, 5.74) is 2.11. The molecule has 3 rings (SSSR count). The van der Waals surface area contributed by atoms with E-state index >= 15 is 0 Å². The molecule has 0 N–H and O–H groups in total. The molecule has 78 valence electrons. The van der Waals surface area contributed by atoms with Crippen molar-refractivity contribution in [1.82, 2.24) is 14.5 Å². The van der Waals surface area contributed by atoms with E-state index in [-0.39, 0.29) is 5.38 Å². The molecule has 0 amide bonds. The van der Waals surface area contributed by atoms with Crippen LogP contribution in [0, 0.1) is 0 Å². The molecule has 0 aliphatic heterocycles. The molecule has 0 aromatic carbocycles. The summed E-state index contributed by atoms with van der Waals surface area (Å²) in [6.07, 6.45) is 6.09. The molecule has 0 saturated heterocycles. The molecule has 1 aliphatic rings. The van der Waals surface area contributed by atoms with Gasteiger partial charge in [-0.3, -0.25) is 4.98 Å². The van der Waals surface area contributed by atoms with Crippen LogP contribution in [-0.4, -0.2) is 14.5 Å². The molecule has 1 aliphatic carbocycles. The molecule has 0 radical (unpaired) electrons. The maximum Gasteiger partial charge on any atom is 0.128 e. The zero-order valence-corrected chi connectivity index (χ0v) is 9.28. The molecular formula is C11H12ClN3. The van der Waals surface area contributed by atoms with Crippen LogP contribution in [0.15, 0.2) is 18.5 Å². The molecule has 0 bridgehead atoms. The number of hydrogen-bond donors (Lipinski definition) is 0. The molecule has 2 aromatic rings. The summed E-state index contributed by atoms with van der Waals surface area (Å²) in [6, 6.07) is 2.62. The summed E-state index contributed by atoms with van der Waals surface area (Å²) >= 11 is 6.15. The van der Waals surface area contributed by atoms with Gasteiger partial charge in [0.05, 0.1) is 17.1 Å². The Morgan fingerprint density at radius 1 is 1.53 bits per heavy atom. The van der Waals surface area contributed by atoms with Gasteiger partial charge in [0, 0.05) is 12.2 Å². The van der Waals surface area contributed by atoms with Crippen molar-refractivity contribution < 1.29 is 0 Å². The van der Waals surface area contributed by atoms with Crippen molar-refractivity contribution in [2.75, 3.05) is 0 Å². The monoisotopic (exact) mass is 221 g/mol. The first kappa shape index (κ1) is 9.16. The van der Waals surface area contributed by atoms with Crippen molar-refractivity contribution in [3.05, 3.63) is 24.3 Å². The number of nitrogens with zero attached hydrogens (tertiary/aromatic N) is 3. The largest absolute Gasteiger partial charge is 0.324 e. The minimum Gasteiger partial charge on any atom is -0.324 e. The van der Waals surface area contributed by atoms with Crippen LogP contribution in [0.3, 0.4) is 0 Å². The smallest absolute Gasteiger partial charge is 0.128 e. The fraction of sp³-hybridized carbons (Fsp3) is 0.455. The Kier molecular flexibility index (Phi) is 1.96. The van der Waals surface area contributed by atoms with Crippen molar-refractivity contribution in [2.24, 2.45) is 0 Å². The maximum atomic E-state index is 6.15. The second-order valence-electron chi connectivity index (χ2n) is 4.05. The lowest BCUT2D eigenvalue weighted by Gasteiger charge is -2.08.